The van der Waals surface area contributed by atoms with Crippen LogP contribution in [0.3, 0.4) is 0 Å². The number of likely N-dealkylation sites (N-methyl/N-ethyl adjacent to an activating group) is 1. The summed E-state index contributed by atoms with van der Waals surface area (Å²) in [6.07, 6.45) is -6.65. The second kappa shape index (κ2) is 12.8. The Labute approximate surface area is 234 Å². The predicted octanol–water partition coefficient (Wildman–Crippen LogP) is 3.40. The summed E-state index contributed by atoms with van der Waals surface area (Å²) in [5, 5.41) is 40.0. The smallest absolute Gasteiger partial charge is 0.335 e. The van der Waals surface area contributed by atoms with Gasteiger partial charge < -0.3 is 29.9 Å². The van der Waals surface area contributed by atoms with Crippen LogP contribution in [-0.2, 0) is 9.53 Å². The molecular weight excluding hydrogens is 510 g/mol. The first-order valence-electron chi connectivity index (χ1n) is 13.5. The Bertz CT molecular complexity index is 1290. The predicted molar refractivity (Wildman–Crippen MR) is 152 cm³/mol. The zero-order chi connectivity index (χ0) is 28.9. The first kappa shape index (κ1) is 29.5. The molecule has 0 radical (unpaired) electrons. The Balaban J connectivity index is 1.50. The first-order valence-corrected chi connectivity index (χ1v) is 13.5. The van der Waals surface area contributed by atoms with Crippen LogP contribution in [0.4, 0.5) is 0 Å². The van der Waals surface area contributed by atoms with Crippen LogP contribution >= 0.6 is 0 Å². The maximum atomic E-state index is 11.5. The van der Waals surface area contributed by atoms with Gasteiger partial charge in [0.2, 0.25) is 6.23 Å². The first-order chi connectivity index (χ1) is 19.1. The summed E-state index contributed by atoms with van der Waals surface area (Å²) in [5.74, 6) is -0.736. The molecule has 1 heterocycles. The van der Waals surface area contributed by atoms with Gasteiger partial charge in [-0.1, -0.05) is 79.7 Å². The summed E-state index contributed by atoms with van der Waals surface area (Å²) < 4.78 is 11.5. The van der Waals surface area contributed by atoms with E-state index in [0.717, 1.165) is 23.1 Å². The van der Waals surface area contributed by atoms with E-state index in [9.17, 15) is 25.2 Å². The maximum absolute atomic E-state index is 11.5. The molecule has 1 fully saturated rings. The molecule has 3 aromatic rings. The Kier molecular flexibility index (Phi) is 9.40. The average molecular weight is 549 g/mol. The lowest BCUT2D eigenvalue weighted by atomic mass is 9.88. The molecule has 5 atom stereocenters. The normalized spacial score (nSPS) is 23.8. The van der Waals surface area contributed by atoms with Gasteiger partial charge in [0.15, 0.2) is 12.2 Å². The van der Waals surface area contributed by atoms with Gasteiger partial charge in [-0.2, -0.15) is 0 Å². The largest absolute Gasteiger partial charge is 0.488 e. The highest BCUT2D eigenvalue weighted by molar-refractivity contribution is 5.98. The van der Waals surface area contributed by atoms with Gasteiger partial charge >= 0.3 is 5.97 Å². The summed E-state index contributed by atoms with van der Waals surface area (Å²) in [6, 6.07) is 28.6. The van der Waals surface area contributed by atoms with Crippen LogP contribution in [-0.4, -0.2) is 88.8 Å². The molecule has 40 heavy (non-hydrogen) atoms. The standard InChI is InChI=1S/C32H37NO7/c1-4-25(21-11-7-5-8-12-21)26(22-13-9-6-10-14-22)23-15-17-24(18-16-23)39-20-19-33(2,3)31-29(36)27(34)28(35)30(40-31)32(37)38/h5-18,27-31,34-36H,4,19-20H2,1-3H3/p+1/b26-25-/t27-,28-,29+,30-,31+/m0/s1. The third-order valence-electron chi connectivity index (χ3n) is 7.44. The number of carbonyl (C=O) groups is 1. The van der Waals surface area contributed by atoms with E-state index in [1.807, 2.05) is 60.7 Å². The maximum Gasteiger partial charge on any atom is 0.335 e. The number of hydrogen-bond donors (Lipinski definition) is 4. The molecule has 0 bridgehead atoms. The third kappa shape index (κ3) is 6.43. The van der Waals surface area contributed by atoms with E-state index in [-0.39, 0.29) is 11.1 Å². The number of aliphatic carboxylic acids is 1. The van der Waals surface area contributed by atoms with Crippen molar-refractivity contribution in [1.82, 2.24) is 0 Å². The lowest BCUT2D eigenvalue weighted by Crippen LogP contribution is -2.68. The van der Waals surface area contributed by atoms with E-state index in [1.165, 1.54) is 11.1 Å². The number of quaternary nitrogens is 1. The Morgan fingerprint density at radius 3 is 1.90 bits per heavy atom. The molecule has 4 rings (SSSR count). The van der Waals surface area contributed by atoms with Crippen LogP contribution in [0.5, 0.6) is 5.75 Å². The van der Waals surface area contributed by atoms with Crippen LogP contribution in [0.15, 0.2) is 84.9 Å². The van der Waals surface area contributed by atoms with Gasteiger partial charge in [0, 0.05) is 0 Å². The molecule has 8 nitrogen and oxygen atoms in total. The topological polar surface area (TPSA) is 116 Å². The highest BCUT2D eigenvalue weighted by Gasteiger charge is 2.52. The van der Waals surface area contributed by atoms with Gasteiger partial charge in [0.1, 0.15) is 31.1 Å². The van der Waals surface area contributed by atoms with Crippen LogP contribution in [0.25, 0.3) is 11.1 Å². The fraction of sp³-hybridized carbons (Fsp3) is 0.344. The Morgan fingerprint density at radius 1 is 0.800 bits per heavy atom. The summed E-state index contributed by atoms with van der Waals surface area (Å²) in [7, 11) is 3.49. The Morgan fingerprint density at radius 2 is 1.35 bits per heavy atom. The molecule has 0 unspecified atom stereocenters. The number of aliphatic hydroxyl groups is 3. The molecule has 8 heteroatoms. The molecular formula is C32H38NO7+. The molecule has 212 valence electrons. The summed E-state index contributed by atoms with van der Waals surface area (Å²) >= 11 is 0. The van der Waals surface area contributed by atoms with Crippen LogP contribution in [0.2, 0.25) is 0 Å². The lowest BCUT2D eigenvalue weighted by molar-refractivity contribution is -0.944. The zero-order valence-corrected chi connectivity index (χ0v) is 23.1. The monoisotopic (exact) mass is 548 g/mol. The number of aliphatic hydroxyl groups excluding tert-OH is 3. The van der Waals surface area contributed by atoms with E-state index in [0.29, 0.717) is 12.3 Å². The molecule has 0 amide bonds. The molecule has 0 spiro atoms. The molecule has 1 aliphatic rings. The van der Waals surface area contributed by atoms with Gasteiger partial charge in [0.25, 0.3) is 0 Å². The molecule has 1 saturated heterocycles. The van der Waals surface area contributed by atoms with Gasteiger partial charge in [-0.3, -0.25) is 4.48 Å². The summed E-state index contributed by atoms with van der Waals surface area (Å²) in [4.78, 5) is 11.5. The minimum atomic E-state index is -1.72. The van der Waals surface area contributed by atoms with Crippen molar-refractivity contribution in [2.75, 3.05) is 27.2 Å². The van der Waals surface area contributed by atoms with Crippen molar-refractivity contribution in [3.63, 3.8) is 0 Å². The SMILES string of the molecule is CC/C(=C(\c1ccccc1)c1ccc(OCC[N+](C)(C)[C@@H]2O[C@H](C(=O)O)[C@@H](O)[C@H](O)[C@H]2O)cc1)c1ccccc1. The van der Waals surface area contributed by atoms with E-state index in [4.69, 9.17) is 9.47 Å². The van der Waals surface area contributed by atoms with Gasteiger partial charge in [0.05, 0.1) is 14.1 Å². The van der Waals surface area contributed by atoms with E-state index in [1.54, 1.807) is 14.1 Å². The summed E-state index contributed by atoms with van der Waals surface area (Å²) in [6.45, 7) is 2.76. The number of carboxylic acids is 1. The van der Waals surface area contributed by atoms with Crippen LogP contribution in [0, 0.1) is 0 Å². The van der Waals surface area contributed by atoms with Crippen molar-refractivity contribution in [2.45, 2.75) is 44.0 Å². The van der Waals surface area contributed by atoms with Crippen molar-refractivity contribution in [1.29, 1.82) is 0 Å². The number of carboxylic acid groups (broad SMARTS) is 1. The quantitative estimate of drug-likeness (QED) is 0.227. The van der Waals surface area contributed by atoms with E-state index in [2.05, 4.69) is 31.2 Å². The number of hydrogen-bond acceptors (Lipinski definition) is 6. The third-order valence-corrected chi connectivity index (χ3v) is 7.44. The molecule has 1 aliphatic heterocycles. The number of allylic oxidation sites excluding steroid dienone is 1. The van der Waals surface area contributed by atoms with Gasteiger partial charge in [-0.15, -0.1) is 0 Å². The second-order valence-electron chi connectivity index (χ2n) is 10.6. The summed E-state index contributed by atoms with van der Waals surface area (Å²) in [5.41, 5.74) is 5.79. The molecule has 0 saturated carbocycles. The minimum Gasteiger partial charge on any atom is -0.488 e. The van der Waals surface area contributed by atoms with Crippen molar-refractivity contribution >= 4 is 17.1 Å². The molecule has 4 N–H and O–H groups in total. The Hall–Kier alpha value is -3.53. The minimum absolute atomic E-state index is 0.0185. The lowest BCUT2D eigenvalue weighted by Gasteiger charge is -2.46. The molecule has 0 aromatic heterocycles. The fourth-order valence-corrected chi connectivity index (χ4v) is 5.17. The number of rotatable bonds is 10. The molecule has 3 aromatic carbocycles. The second-order valence-corrected chi connectivity index (χ2v) is 10.6. The van der Waals surface area contributed by atoms with Crippen LogP contribution < -0.4 is 4.74 Å². The highest BCUT2D eigenvalue weighted by atomic mass is 16.6. The van der Waals surface area contributed by atoms with Crippen molar-refractivity contribution < 1.29 is 39.2 Å². The number of nitrogens with zero attached hydrogens (tertiary/aromatic N) is 1. The van der Waals surface area contributed by atoms with Gasteiger partial charge in [-0.05, 0) is 46.4 Å². The zero-order valence-electron chi connectivity index (χ0n) is 23.1. The van der Waals surface area contributed by atoms with Crippen LogP contribution in [0.1, 0.15) is 30.0 Å². The van der Waals surface area contributed by atoms with E-state index < -0.39 is 36.6 Å². The highest BCUT2D eigenvalue weighted by Crippen LogP contribution is 2.35. The van der Waals surface area contributed by atoms with E-state index >= 15 is 0 Å². The van der Waals surface area contributed by atoms with Crippen molar-refractivity contribution in [2.24, 2.45) is 0 Å². The molecule has 0 aliphatic carbocycles. The average Bonchev–Trinajstić information content (AvgIpc) is 2.95. The van der Waals surface area contributed by atoms with Crippen molar-refractivity contribution in [3.05, 3.63) is 102 Å². The van der Waals surface area contributed by atoms with Gasteiger partial charge in [-0.25, -0.2) is 4.79 Å². The number of benzene rings is 3. The fourth-order valence-electron chi connectivity index (χ4n) is 5.17. The van der Waals surface area contributed by atoms with Crippen molar-refractivity contribution in [3.8, 4) is 5.75 Å². The number of ether oxygens (including phenoxy) is 2.